The molecule has 40 heavy (non-hydrogen) atoms. The molecular weight excluding hydrogens is 508 g/mol. The molecule has 0 unspecified atom stereocenters. The number of nitrogens with one attached hydrogen (secondary N) is 3. The van der Waals surface area contributed by atoms with E-state index < -0.39 is 5.60 Å². The van der Waals surface area contributed by atoms with Crippen LogP contribution in [0.5, 0.6) is 0 Å². The third kappa shape index (κ3) is 6.87. The van der Waals surface area contributed by atoms with Gasteiger partial charge < -0.3 is 30.7 Å². The topological polar surface area (TPSA) is 137 Å². The average molecular weight is 541 g/mol. The molecule has 0 aliphatic carbocycles. The number of ether oxygens (including phenoxy) is 1. The molecule has 4 aromatic rings. The Balaban J connectivity index is 1.38. The first-order valence-electron chi connectivity index (χ1n) is 13.1. The molecule has 1 fully saturated rings. The number of morpholine rings is 1. The Labute approximate surface area is 232 Å². The minimum atomic E-state index is -1.13. The quantitative estimate of drug-likeness (QED) is 0.248. The van der Waals surface area contributed by atoms with Gasteiger partial charge in [-0.05, 0) is 61.9 Å². The lowest BCUT2D eigenvalue weighted by Crippen LogP contribution is -2.36. The SMILES string of the molecule is CC(C)(O)c1cccc(Nc2nc(Nc3ccc(N4CCOCC4)cc3)ncc2C(=O)NCc2cccnc2)n1. The zero-order chi connectivity index (χ0) is 28.0. The van der Waals surface area contributed by atoms with Crippen molar-refractivity contribution >= 4 is 34.9 Å². The van der Waals surface area contributed by atoms with Crippen molar-refractivity contribution in [3.8, 4) is 0 Å². The van der Waals surface area contributed by atoms with Gasteiger partial charge in [0, 0.05) is 49.6 Å². The number of aromatic nitrogens is 4. The Bertz CT molecular complexity index is 1440. The normalized spacial score (nSPS) is 13.5. The van der Waals surface area contributed by atoms with Crippen molar-refractivity contribution in [3.05, 3.63) is 90.0 Å². The molecule has 0 atom stereocenters. The average Bonchev–Trinajstić information content (AvgIpc) is 2.97. The number of hydrogen-bond acceptors (Lipinski definition) is 10. The molecule has 1 saturated heterocycles. The number of carbonyl (C=O) groups excluding carboxylic acids is 1. The van der Waals surface area contributed by atoms with Gasteiger partial charge in [0.15, 0.2) is 0 Å². The second kappa shape index (κ2) is 12.1. The van der Waals surface area contributed by atoms with Crippen LogP contribution in [0, 0.1) is 0 Å². The molecule has 11 heteroatoms. The number of rotatable bonds is 9. The number of benzene rings is 1. The monoisotopic (exact) mass is 540 g/mol. The summed E-state index contributed by atoms with van der Waals surface area (Å²) >= 11 is 0. The van der Waals surface area contributed by atoms with Crippen LogP contribution in [0.4, 0.5) is 29.0 Å². The van der Waals surface area contributed by atoms with Crippen LogP contribution in [0.15, 0.2) is 73.2 Å². The van der Waals surface area contributed by atoms with Gasteiger partial charge in [0.25, 0.3) is 5.91 Å². The third-order valence-corrected chi connectivity index (χ3v) is 6.33. The highest BCUT2D eigenvalue weighted by atomic mass is 16.5. The largest absolute Gasteiger partial charge is 0.384 e. The lowest BCUT2D eigenvalue weighted by Gasteiger charge is -2.28. The van der Waals surface area contributed by atoms with Gasteiger partial charge in [-0.2, -0.15) is 4.98 Å². The first-order valence-corrected chi connectivity index (χ1v) is 13.1. The molecule has 0 bridgehead atoms. The maximum absolute atomic E-state index is 13.2. The van der Waals surface area contributed by atoms with Crippen LogP contribution in [0.25, 0.3) is 0 Å². The standard InChI is InChI=1S/C29H32N8O3/c1-29(2,39)24-6-3-7-25(34-24)35-26-23(27(38)31-18-20-5-4-12-30-17-20)19-32-28(36-26)33-21-8-10-22(11-9-21)37-13-15-40-16-14-37/h3-12,17,19,39H,13-16,18H2,1-2H3,(H,31,38)(H2,32,33,34,35,36). The number of hydrogen-bond donors (Lipinski definition) is 4. The van der Waals surface area contributed by atoms with Crippen molar-refractivity contribution in [1.29, 1.82) is 0 Å². The predicted molar refractivity (Wildman–Crippen MR) is 153 cm³/mol. The molecule has 3 aromatic heterocycles. The van der Waals surface area contributed by atoms with E-state index in [2.05, 4.69) is 40.8 Å². The Morgan fingerprint density at radius 1 is 1.00 bits per heavy atom. The Kier molecular flexibility index (Phi) is 8.13. The summed E-state index contributed by atoms with van der Waals surface area (Å²) < 4.78 is 5.44. The van der Waals surface area contributed by atoms with Crippen molar-refractivity contribution in [2.45, 2.75) is 26.0 Å². The van der Waals surface area contributed by atoms with Gasteiger partial charge in [0.2, 0.25) is 5.95 Å². The summed E-state index contributed by atoms with van der Waals surface area (Å²) in [6.07, 6.45) is 4.84. The van der Waals surface area contributed by atoms with E-state index in [1.54, 1.807) is 44.4 Å². The highest BCUT2D eigenvalue weighted by molar-refractivity contribution is 5.99. The zero-order valence-corrected chi connectivity index (χ0v) is 22.5. The molecule has 0 saturated carbocycles. The van der Waals surface area contributed by atoms with Crippen LogP contribution < -0.4 is 20.9 Å². The molecule has 1 aromatic carbocycles. The summed E-state index contributed by atoms with van der Waals surface area (Å²) in [5.74, 6) is 0.655. The molecule has 11 nitrogen and oxygen atoms in total. The summed E-state index contributed by atoms with van der Waals surface area (Å²) in [5.41, 5.74) is 2.38. The minimum Gasteiger partial charge on any atom is -0.384 e. The number of anilines is 5. The number of carbonyl (C=O) groups is 1. The van der Waals surface area contributed by atoms with Gasteiger partial charge in [-0.15, -0.1) is 0 Å². The smallest absolute Gasteiger partial charge is 0.256 e. The highest BCUT2D eigenvalue weighted by Crippen LogP contribution is 2.25. The van der Waals surface area contributed by atoms with Crippen molar-refractivity contribution in [2.75, 3.05) is 41.8 Å². The van der Waals surface area contributed by atoms with Gasteiger partial charge in [-0.25, -0.2) is 9.97 Å². The second-order valence-corrected chi connectivity index (χ2v) is 9.86. The van der Waals surface area contributed by atoms with E-state index in [0.717, 1.165) is 43.2 Å². The van der Waals surface area contributed by atoms with E-state index in [0.29, 0.717) is 24.0 Å². The molecule has 0 spiro atoms. The molecule has 1 aliphatic heterocycles. The number of aliphatic hydroxyl groups is 1. The van der Waals surface area contributed by atoms with E-state index in [9.17, 15) is 9.90 Å². The van der Waals surface area contributed by atoms with E-state index in [1.807, 2.05) is 36.4 Å². The van der Waals surface area contributed by atoms with Crippen molar-refractivity contribution < 1.29 is 14.6 Å². The molecular formula is C29H32N8O3. The maximum Gasteiger partial charge on any atom is 0.256 e. The van der Waals surface area contributed by atoms with Gasteiger partial charge in [0.05, 0.1) is 18.9 Å². The van der Waals surface area contributed by atoms with E-state index in [1.165, 1.54) is 6.20 Å². The predicted octanol–water partition coefficient (Wildman–Crippen LogP) is 3.75. The van der Waals surface area contributed by atoms with Crippen molar-refractivity contribution in [3.63, 3.8) is 0 Å². The number of amides is 1. The van der Waals surface area contributed by atoms with Gasteiger partial charge in [-0.1, -0.05) is 12.1 Å². The van der Waals surface area contributed by atoms with Gasteiger partial charge >= 0.3 is 0 Å². The number of pyridine rings is 2. The summed E-state index contributed by atoms with van der Waals surface area (Å²) in [6.45, 7) is 6.78. The molecule has 1 aliphatic rings. The van der Waals surface area contributed by atoms with Crippen LogP contribution in [-0.2, 0) is 16.9 Å². The van der Waals surface area contributed by atoms with Crippen LogP contribution in [-0.4, -0.2) is 57.3 Å². The fourth-order valence-corrected chi connectivity index (χ4v) is 4.16. The van der Waals surface area contributed by atoms with Crippen LogP contribution in [0.2, 0.25) is 0 Å². The lowest BCUT2D eigenvalue weighted by molar-refractivity contribution is 0.0740. The van der Waals surface area contributed by atoms with Gasteiger partial charge in [0.1, 0.15) is 22.8 Å². The van der Waals surface area contributed by atoms with Crippen LogP contribution >= 0.6 is 0 Å². The second-order valence-electron chi connectivity index (χ2n) is 9.86. The molecule has 4 N–H and O–H groups in total. The molecule has 0 radical (unpaired) electrons. The maximum atomic E-state index is 13.2. The van der Waals surface area contributed by atoms with E-state index >= 15 is 0 Å². The Morgan fingerprint density at radius 3 is 2.52 bits per heavy atom. The summed E-state index contributed by atoms with van der Waals surface area (Å²) in [7, 11) is 0. The molecule has 206 valence electrons. The van der Waals surface area contributed by atoms with Crippen molar-refractivity contribution in [2.24, 2.45) is 0 Å². The summed E-state index contributed by atoms with van der Waals surface area (Å²) in [5, 5.41) is 19.6. The van der Waals surface area contributed by atoms with Gasteiger partial charge in [-0.3, -0.25) is 9.78 Å². The fraction of sp³-hybridized carbons (Fsp3) is 0.276. The number of nitrogens with zero attached hydrogens (tertiary/aromatic N) is 5. The van der Waals surface area contributed by atoms with Crippen LogP contribution in [0.1, 0.15) is 35.5 Å². The third-order valence-electron chi connectivity index (χ3n) is 6.33. The summed E-state index contributed by atoms with van der Waals surface area (Å²) in [4.78, 5) is 33.0. The zero-order valence-electron chi connectivity index (χ0n) is 22.5. The highest BCUT2D eigenvalue weighted by Gasteiger charge is 2.20. The Morgan fingerprint density at radius 2 is 1.80 bits per heavy atom. The van der Waals surface area contributed by atoms with Crippen molar-refractivity contribution in [1.82, 2.24) is 25.3 Å². The van der Waals surface area contributed by atoms with Crippen LogP contribution in [0.3, 0.4) is 0 Å². The Hall–Kier alpha value is -4.61. The van der Waals surface area contributed by atoms with E-state index in [-0.39, 0.29) is 17.3 Å². The lowest BCUT2D eigenvalue weighted by atomic mass is 10.1. The molecule has 1 amide bonds. The van der Waals surface area contributed by atoms with E-state index in [4.69, 9.17) is 4.74 Å². The first kappa shape index (κ1) is 27.0. The minimum absolute atomic E-state index is 0.243. The first-order chi connectivity index (χ1) is 19.3. The molecule has 5 rings (SSSR count). The summed E-state index contributed by atoms with van der Waals surface area (Å²) in [6, 6.07) is 17.0. The molecule has 4 heterocycles. The fourth-order valence-electron chi connectivity index (χ4n) is 4.16.